The van der Waals surface area contributed by atoms with Gasteiger partial charge in [0.15, 0.2) is 0 Å². The lowest BCUT2D eigenvalue weighted by molar-refractivity contribution is -0.142. The number of carbonyl (C=O) groups excluding carboxylic acids is 1. The van der Waals surface area contributed by atoms with Gasteiger partial charge in [-0.1, -0.05) is 13.3 Å². The van der Waals surface area contributed by atoms with Gasteiger partial charge in [-0.15, -0.1) is 0 Å². The molecule has 0 aliphatic heterocycles. The van der Waals surface area contributed by atoms with Crippen molar-refractivity contribution in [2.45, 2.75) is 38.6 Å². The molecule has 124 valence electrons. The van der Waals surface area contributed by atoms with Crippen molar-refractivity contribution in [2.75, 3.05) is 21.3 Å². The molecule has 0 fully saturated rings. The van der Waals surface area contributed by atoms with Gasteiger partial charge in [0, 0.05) is 6.07 Å². The van der Waals surface area contributed by atoms with E-state index >= 15 is 0 Å². The minimum atomic E-state index is -0.546. The number of ether oxygens (including phenoxy) is 3. The Morgan fingerprint density at radius 3 is 2.18 bits per heavy atom. The van der Waals surface area contributed by atoms with Crippen LogP contribution in [0.2, 0.25) is 0 Å². The smallest absolute Gasteiger partial charge is 0.322 e. The molecule has 0 aliphatic carbocycles. The van der Waals surface area contributed by atoms with Crippen LogP contribution >= 0.6 is 0 Å². The van der Waals surface area contributed by atoms with Crippen LogP contribution in [0.1, 0.15) is 31.7 Å². The molecule has 1 aromatic carbocycles. The van der Waals surface area contributed by atoms with Crippen LogP contribution in [0.5, 0.6) is 11.5 Å². The monoisotopic (exact) mass is 309 g/mol. The predicted octanol–water partition coefficient (Wildman–Crippen LogP) is 2.55. The molecule has 0 aliphatic rings. The highest BCUT2D eigenvalue weighted by Gasteiger charge is 2.19. The predicted molar refractivity (Wildman–Crippen MR) is 86.3 cm³/mol. The van der Waals surface area contributed by atoms with Gasteiger partial charge in [-0.3, -0.25) is 4.79 Å². The molecule has 2 unspecified atom stereocenters. The summed E-state index contributed by atoms with van der Waals surface area (Å²) >= 11 is 0. The third-order valence-electron chi connectivity index (χ3n) is 3.92. The Balaban J connectivity index is 2.64. The van der Waals surface area contributed by atoms with E-state index in [1.807, 2.05) is 18.2 Å². The van der Waals surface area contributed by atoms with E-state index < -0.39 is 6.04 Å². The normalized spacial score (nSPS) is 13.3. The number of benzene rings is 1. The summed E-state index contributed by atoms with van der Waals surface area (Å²) in [7, 11) is 4.65. The Morgan fingerprint density at radius 1 is 1.14 bits per heavy atom. The van der Waals surface area contributed by atoms with Gasteiger partial charge in [0.1, 0.15) is 17.5 Å². The standard InChI is InChI=1S/C17H27NO4/c1-5-12(10-16(18)17(19)22-4)6-7-13-8-14(20-2)11-15(9-13)21-3/h8-9,11-12,16H,5-7,10,18H2,1-4H3. The molecule has 22 heavy (non-hydrogen) atoms. The van der Waals surface area contributed by atoms with Gasteiger partial charge in [-0.05, 0) is 42.9 Å². The van der Waals surface area contributed by atoms with Gasteiger partial charge < -0.3 is 19.9 Å². The minimum Gasteiger partial charge on any atom is -0.497 e. The number of esters is 1. The first kappa shape index (κ1) is 18.3. The Morgan fingerprint density at radius 2 is 1.73 bits per heavy atom. The lowest BCUT2D eigenvalue weighted by atomic mass is 9.91. The van der Waals surface area contributed by atoms with Crippen molar-refractivity contribution >= 4 is 5.97 Å². The molecule has 5 heteroatoms. The van der Waals surface area contributed by atoms with E-state index in [1.54, 1.807) is 14.2 Å². The zero-order valence-electron chi connectivity index (χ0n) is 13.9. The molecule has 2 atom stereocenters. The third-order valence-corrected chi connectivity index (χ3v) is 3.92. The summed E-state index contributed by atoms with van der Waals surface area (Å²) in [5.41, 5.74) is 7.00. The second-order valence-electron chi connectivity index (χ2n) is 5.40. The van der Waals surface area contributed by atoms with Crippen LogP contribution in [-0.4, -0.2) is 33.3 Å². The molecule has 1 aromatic rings. The number of carbonyl (C=O) groups is 1. The summed E-state index contributed by atoms with van der Waals surface area (Å²) in [4.78, 5) is 11.4. The zero-order valence-corrected chi connectivity index (χ0v) is 13.9. The molecule has 2 N–H and O–H groups in total. The van der Waals surface area contributed by atoms with Crippen LogP contribution in [0.3, 0.4) is 0 Å². The number of hydrogen-bond acceptors (Lipinski definition) is 5. The van der Waals surface area contributed by atoms with E-state index in [-0.39, 0.29) is 5.97 Å². The number of methoxy groups -OCH3 is 3. The Bertz CT molecular complexity index is 453. The molecular weight excluding hydrogens is 282 g/mol. The third kappa shape index (κ3) is 5.56. The summed E-state index contributed by atoms with van der Waals surface area (Å²) in [5.74, 6) is 1.61. The van der Waals surface area contributed by atoms with Gasteiger partial charge in [-0.25, -0.2) is 0 Å². The molecule has 5 nitrogen and oxygen atoms in total. The molecule has 0 saturated heterocycles. The molecule has 0 spiro atoms. The number of nitrogens with two attached hydrogens (primary N) is 1. The van der Waals surface area contributed by atoms with E-state index in [4.69, 9.17) is 15.2 Å². The maximum atomic E-state index is 11.4. The Hall–Kier alpha value is -1.75. The molecule has 0 bridgehead atoms. The zero-order chi connectivity index (χ0) is 16.5. The van der Waals surface area contributed by atoms with E-state index in [9.17, 15) is 4.79 Å². The van der Waals surface area contributed by atoms with Gasteiger partial charge in [0.05, 0.1) is 21.3 Å². The number of aryl methyl sites for hydroxylation is 1. The van der Waals surface area contributed by atoms with Crippen LogP contribution in [0, 0.1) is 5.92 Å². The van der Waals surface area contributed by atoms with E-state index in [1.165, 1.54) is 7.11 Å². The van der Waals surface area contributed by atoms with Gasteiger partial charge in [0.25, 0.3) is 0 Å². The fourth-order valence-electron chi connectivity index (χ4n) is 2.48. The van der Waals surface area contributed by atoms with Gasteiger partial charge in [-0.2, -0.15) is 0 Å². The highest BCUT2D eigenvalue weighted by Crippen LogP contribution is 2.25. The number of rotatable bonds is 9. The Labute approximate surface area is 132 Å². The van der Waals surface area contributed by atoms with Crippen LogP contribution < -0.4 is 15.2 Å². The van der Waals surface area contributed by atoms with E-state index in [0.29, 0.717) is 12.3 Å². The molecule has 0 heterocycles. The fraction of sp³-hybridized carbons (Fsp3) is 0.588. The van der Waals surface area contributed by atoms with E-state index in [0.717, 1.165) is 36.3 Å². The summed E-state index contributed by atoms with van der Waals surface area (Å²) in [6.07, 6.45) is 3.47. The van der Waals surface area contributed by atoms with Crippen LogP contribution in [0.4, 0.5) is 0 Å². The second kappa shape index (κ2) is 9.30. The van der Waals surface area contributed by atoms with Crippen molar-refractivity contribution in [2.24, 2.45) is 11.7 Å². The van der Waals surface area contributed by atoms with Crippen molar-refractivity contribution < 1.29 is 19.0 Å². The maximum Gasteiger partial charge on any atom is 0.322 e. The highest BCUT2D eigenvalue weighted by molar-refractivity contribution is 5.75. The van der Waals surface area contributed by atoms with Crippen LogP contribution in [0.15, 0.2) is 18.2 Å². The molecule has 0 saturated carbocycles. The number of hydrogen-bond donors (Lipinski definition) is 1. The first-order chi connectivity index (χ1) is 10.5. The minimum absolute atomic E-state index is 0.346. The average Bonchev–Trinajstić information content (AvgIpc) is 2.56. The van der Waals surface area contributed by atoms with Gasteiger partial charge >= 0.3 is 5.97 Å². The Kier molecular flexibility index (Phi) is 7.74. The first-order valence-corrected chi connectivity index (χ1v) is 7.59. The summed E-state index contributed by atoms with van der Waals surface area (Å²) < 4.78 is 15.2. The topological polar surface area (TPSA) is 70.8 Å². The van der Waals surface area contributed by atoms with E-state index in [2.05, 4.69) is 11.7 Å². The van der Waals surface area contributed by atoms with Gasteiger partial charge in [0.2, 0.25) is 0 Å². The van der Waals surface area contributed by atoms with Crippen molar-refractivity contribution in [1.82, 2.24) is 0 Å². The quantitative estimate of drug-likeness (QED) is 0.710. The maximum absolute atomic E-state index is 11.4. The largest absolute Gasteiger partial charge is 0.497 e. The first-order valence-electron chi connectivity index (χ1n) is 7.59. The van der Waals surface area contributed by atoms with Crippen LogP contribution in [0.25, 0.3) is 0 Å². The molecular formula is C17H27NO4. The van der Waals surface area contributed by atoms with Crippen molar-refractivity contribution in [3.05, 3.63) is 23.8 Å². The molecule has 1 rings (SSSR count). The SMILES string of the molecule is CCC(CCc1cc(OC)cc(OC)c1)CC(N)C(=O)OC. The molecule has 0 amide bonds. The van der Waals surface area contributed by atoms with Crippen LogP contribution in [-0.2, 0) is 16.0 Å². The molecule has 0 radical (unpaired) electrons. The summed E-state index contributed by atoms with van der Waals surface area (Å²) in [5, 5.41) is 0. The van der Waals surface area contributed by atoms with Crippen molar-refractivity contribution in [3.63, 3.8) is 0 Å². The second-order valence-corrected chi connectivity index (χ2v) is 5.40. The summed E-state index contributed by atoms with van der Waals surface area (Å²) in [6.45, 7) is 2.11. The molecule has 0 aromatic heterocycles. The average molecular weight is 309 g/mol. The highest BCUT2D eigenvalue weighted by atomic mass is 16.5. The van der Waals surface area contributed by atoms with Crippen molar-refractivity contribution in [1.29, 1.82) is 0 Å². The fourth-order valence-corrected chi connectivity index (χ4v) is 2.48. The lowest BCUT2D eigenvalue weighted by Crippen LogP contribution is -2.33. The summed E-state index contributed by atoms with van der Waals surface area (Å²) in [6, 6.07) is 5.33. The lowest BCUT2D eigenvalue weighted by Gasteiger charge is -2.18. The van der Waals surface area contributed by atoms with Crippen molar-refractivity contribution in [3.8, 4) is 11.5 Å².